The van der Waals surface area contributed by atoms with Crippen molar-refractivity contribution in [1.29, 1.82) is 0 Å². The standard InChI is InChI=1S/C15H23N3O/c1-18(2)14-5-3-13(4-6-14)15(19)17-10-8-12-7-9-16-11-12/h3-6,12,16H,7-11H2,1-2H3,(H,17,19). The monoisotopic (exact) mass is 261 g/mol. The lowest BCUT2D eigenvalue weighted by Crippen LogP contribution is -2.26. The summed E-state index contributed by atoms with van der Waals surface area (Å²) in [5.41, 5.74) is 1.84. The number of benzene rings is 1. The first-order valence-corrected chi connectivity index (χ1v) is 6.93. The van der Waals surface area contributed by atoms with Gasteiger partial charge < -0.3 is 15.5 Å². The fourth-order valence-corrected chi connectivity index (χ4v) is 2.36. The van der Waals surface area contributed by atoms with E-state index in [4.69, 9.17) is 0 Å². The Hall–Kier alpha value is -1.55. The molecule has 19 heavy (non-hydrogen) atoms. The first kappa shape index (κ1) is 13.9. The molecule has 0 aliphatic carbocycles. The van der Waals surface area contributed by atoms with E-state index in [1.165, 1.54) is 6.42 Å². The van der Waals surface area contributed by atoms with Crippen molar-refractivity contribution in [3.63, 3.8) is 0 Å². The maximum Gasteiger partial charge on any atom is 0.251 e. The van der Waals surface area contributed by atoms with E-state index in [1.807, 2.05) is 43.3 Å². The summed E-state index contributed by atoms with van der Waals surface area (Å²) in [7, 11) is 3.98. The molecule has 0 radical (unpaired) electrons. The number of hydrogen-bond acceptors (Lipinski definition) is 3. The van der Waals surface area contributed by atoms with Crippen molar-refractivity contribution in [2.24, 2.45) is 5.92 Å². The maximum atomic E-state index is 12.0. The highest BCUT2D eigenvalue weighted by atomic mass is 16.1. The van der Waals surface area contributed by atoms with Crippen LogP contribution in [-0.4, -0.2) is 39.6 Å². The first-order chi connectivity index (χ1) is 9.16. The first-order valence-electron chi connectivity index (χ1n) is 6.93. The second-order valence-corrected chi connectivity index (χ2v) is 5.34. The average molecular weight is 261 g/mol. The Morgan fingerprint density at radius 3 is 2.68 bits per heavy atom. The highest BCUT2D eigenvalue weighted by Crippen LogP contribution is 2.13. The lowest BCUT2D eigenvalue weighted by molar-refractivity contribution is 0.0951. The van der Waals surface area contributed by atoms with Crippen LogP contribution in [0.3, 0.4) is 0 Å². The van der Waals surface area contributed by atoms with E-state index in [-0.39, 0.29) is 5.91 Å². The molecule has 1 saturated heterocycles. The number of carbonyl (C=O) groups excluding carboxylic acids is 1. The van der Waals surface area contributed by atoms with E-state index >= 15 is 0 Å². The minimum Gasteiger partial charge on any atom is -0.378 e. The summed E-state index contributed by atoms with van der Waals surface area (Å²) in [4.78, 5) is 14.0. The summed E-state index contributed by atoms with van der Waals surface area (Å²) in [6.07, 6.45) is 2.29. The molecule has 1 fully saturated rings. The van der Waals surface area contributed by atoms with Gasteiger partial charge in [0.05, 0.1) is 0 Å². The number of amides is 1. The number of nitrogens with one attached hydrogen (secondary N) is 2. The van der Waals surface area contributed by atoms with E-state index in [0.29, 0.717) is 0 Å². The van der Waals surface area contributed by atoms with Gasteiger partial charge >= 0.3 is 0 Å². The molecule has 1 aliphatic heterocycles. The molecule has 0 aromatic heterocycles. The van der Waals surface area contributed by atoms with Crippen LogP contribution >= 0.6 is 0 Å². The largest absolute Gasteiger partial charge is 0.378 e. The minimum atomic E-state index is 0.0243. The van der Waals surface area contributed by atoms with Gasteiger partial charge in [-0.05, 0) is 56.1 Å². The molecular formula is C15H23N3O. The number of carbonyl (C=O) groups is 1. The predicted octanol–water partition coefficient (Wildman–Crippen LogP) is 1.48. The van der Waals surface area contributed by atoms with Crippen molar-refractivity contribution in [3.05, 3.63) is 29.8 Å². The lowest BCUT2D eigenvalue weighted by Gasteiger charge is -2.13. The van der Waals surface area contributed by atoms with Crippen LogP contribution in [0.1, 0.15) is 23.2 Å². The van der Waals surface area contributed by atoms with Gasteiger partial charge in [0.15, 0.2) is 0 Å². The summed E-state index contributed by atoms with van der Waals surface area (Å²) in [6, 6.07) is 7.69. The van der Waals surface area contributed by atoms with Crippen molar-refractivity contribution in [2.75, 3.05) is 38.6 Å². The topological polar surface area (TPSA) is 44.4 Å². The van der Waals surface area contributed by atoms with Crippen LogP contribution in [0.25, 0.3) is 0 Å². The molecule has 1 aliphatic rings. The molecule has 1 unspecified atom stereocenters. The van der Waals surface area contributed by atoms with Gasteiger partial charge in [0.2, 0.25) is 0 Å². The molecular weight excluding hydrogens is 238 g/mol. The van der Waals surface area contributed by atoms with Crippen molar-refractivity contribution in [1.82, 2.24) is 10.6 Å². The second kappa shape index (κ2) is 6.57. The van der Waals surface area contributed by atoms with Gasteiger partial charge in [-0.25, -0.2) is 0 Å². The molecule has 1 aromatic rings. The smallest absolute Gasteiger partial charge is 0.251 e. The van der Waals surface area contributed by atoms with E-state index in [1.54, 1.807) is 0 Å². The predicted molar refractivity (Wildman–Crippen MR) is 78.7 cm³/mol. The molecule has 0 saturated carbocycles. The highest BCUT2D eigenvalue weighted by Gasteiger charge is 2.14. The van der Waals surface area contributed by atoms with Crippen LogP contribution < -0.4 is 15.5 Å². The Balaban J connectivity index is 1.78. The van der Waals surface area contributed by atoms with Crippen LogP contribution in [-0.2, 0) is 0 Å². The van der Waals surface area contributed by atoms with Crippen LogP contribution in [0.2, 0.25) is 0 Å². The van der Waals surface area contributed by atoms with E-state index in [9.17, 15) is 4.79 Å². The van der Waals surface area contributed by atoms with E-state index in [2.05, 4.69) is 10.6 Å². The molecule has 1 amide bonds. The van der Waals surface area contributed by atoms with Gasteiger partial charge in [0, 0.05) is 31.9 Å². The average Bonchev–Trinajstić information content (AvgIpc) is 2.92. The Kier molecular flexibility index (Phi) is 4.80. The summed E-state index contributed by atoms with van der Waals surface area (Å²) < 4.78 is 0. The molecule has 0 spiro atoms. The van der Waals surface area contributed by atoms with Crippen molar-refractivity contribution >= 4 is 11.6 Å². The van der Waals surface area contributed by atoms with Gasteiger partial charge in [-0.15, -0.1) is 0 Å². The molecule has 4 heteroatoms. The number of nitrogens with zero attached hydrogens (tertiary/aromatic N) is 1. The zero-order valence-electron chi connectivity index (χ0n) is 11.8. The Morgan fingerprint density at radius 2 is 2.11 bits per heavy atom. The molecule has 4 nitrogen and oxygen atoms in total. The van der Waals surface area contributed by atoms with Crippen LogP contribution in [0, 0.1) is 5.92 Å². The normalized spacial score (nSPS) is 18.3. The summed E-state index contributed by atoms with van der Waals surface area (Å²) in [5.74, 6) is 0.743. The minimum absolute atomic E-state index is 0.0243. The molecule has 2 N–H and O–H groups in total. The van der Waals surface area contributed by atoms with E-state index in [0.717, 1.165) is 43.2 Å². The van der Waals surface area contributed by atoms with Gasteiger partial charge in [-0.3, -0.25) is 4.79 Å². The van der Waals surface area contributed by atoms with Gasteiger partial charge in [0.25, 0.3) is 5.91 Å². The third kappa shape index (κ3) is 3.96. The van der Waals surface area contributed by atoms with Crippen LogP contribution in [0.5, 0.6) is 0 Å². The summed E-state index contributed by atoms with van der Waals surface area (Å²) >= 11 is 0. The molecule has 104 valence electrons. The van der Waals surface area contributed by atoms with Crippen molar-refractivity contribution in [3.8, 4) is 0 Å². The zero-order valence-corrected chi connectivity index (χ0v) is 11.8. The number of anilines is 1. The van der Waals surface area contributed by atoms with Crippen LogP contribution in [0.15, 0.2) is 24.3 Å². The summed E-state index contributed by atoms with van der Waals surface area (Å²) in [6.45, 7) is 2.97. The van der Waals surface area contributed by atoms with E-state index < -0.39 is 0 Å². The summed E-state index contributed by atoms with van der Waals surface area (Å²) in [5, 5.41) is 6.34. The third-order valence-electron chi connectivity index (χ3n) is 3.65. The van der Waals surface area contributed by atoms with Crippen LogP contribution in [0.4, 0.5) is 5.69 Å². The number of hydrogen-bond donors (Lipinski definition) is 2. The van der Waals surface area contributed by atoms with Gasteiger partial charge in [-0.1, -0.05) is 0 Å². The molecule has 1 heterocycles. The van der Waals surface area contributed by atoms with Gasteiger partial charge in [-0.2, -0.15) is 0 Å². The zero-order chi connectivity index (χ0) is 13.7. The van der Waals surface area contributed by atoms with Crippen molar-refractivity contribution < 1.29 is 4.79 Å². The fourth-order valence-electron chi connectivity index (χ4n) is 2.36. The molecule has 2 rings (SSSR count). The highest BCUT2D eigenvalue weighted by molar-refractivity contribution is 5.94. The number of rotatable bonds is 5. The fraction of sp³-hybridized carbons (Fsp3) is 0.533. The molecule has 1 aromatic carbocycles. The third-order valence-corrected chi connectivity index (χ3v) is 3.65. The SMILES string of the molecule is CN(C)c1ccc(C(=O)NCCC2CCNC2)cc1. The Labute approximate surface area is 115 Å². The maximum absolute atomic E-state index is 12.0. The van der Waals surface area contributed by atoms with Gasteiger partial charge in [0.1, 0.15) is 0 Å². The molecule has 1 atom stereocenters. The second-order valence-electron chi connectivity index (χ2n) is 5.34. The van der Waals surface area contributed by atoms with Crippen molar-refractivity contribution in [2.45, 2.75) is 12.8 Å². The quantitative estimate of drug-likeness (QED) is 0.844. The lowest BCUT2D eigenvalue weighted by atomic mass is 10.1. The molecule has 0 bridgehead atoms. The Morgan fingerprint density at radius 1 is 1.37 bits per heavy atom. The Bertz CT molecular complexity index is 408.